The highest BCUT2D eigenvalue weighted by atomic mass is 19.4. The van der Waals surface area contributed by atoms with Crippen molar-refractivity contribution in [3.05, 3.63) is 45.6 Å². The van der Waals surface area contributed by atoms with Crippen LogP contribution in [0.4, 0.5) is 13.2 Å². The minimum absolute atomic E-state index is 0.00720. The van der Waals surface area contributed by atoms with Gasteiger partial charge in [-0.1, -0.05) is 20.8 Å². The minimum atomic E-state index is -4.49. The first-order valence-corrected chi connectivity index (χ1v) is 6.51. The van der Waals surface area contributed by atoms with Crippen molar-refractivity contribution in [1.29, 1.82) is 0 Å². The van der Waals surface area contributed by atoms with Crippen molar-refractivity contribution in [2.75, 3.05) is 0 Å². The molecular formula is C15H15F3N2O2. The lowest BCUT2D eigenvalue weighted by molar-refractivity contribution is -0.137. The summed E-state index contributed by atoms with van der Waals surface area (Å²) in [6.07, 6.45) is -3.27. The van der Waals surface area contributed by atoms with Gasteiger partial charge in [0.2, 0.25) is 0 Å². The molecule has 0 aliphatic carbocycles. The largest absolute Gasteiger partial charge is 0.512 e. The molecule has 1 aromatic heterocycles. The van der Waals surface area contributed by atoms with Crippen LogP contribution in [0.2, 0.25) is 0 Å². The highest BCUT2D eigenvalue weighted by Crippen LogP contribution is 2.30. The summed E-state index contributed by atoms with van der Waals surface area (Å²) < 4.78 is 37.9. The monoisotopic (exact) mass is 312 g/mol. The Morgan fingerprint density at radius 3 is 2.45 bits per heavy atom. The summed E-state index contributed by atoms with van der Waals surface area (Å²) in [6.45, 7) is 5.26. The molecule has 118 valence electrons. The van der Waals surface area contributed by atoms with E-state index in [-0.39, 0.29) is 22.5 Å². The van der Waals surface area contributed by atoms with Crippen molar-refractivity contribution in [2.24, 2.45) is 5.41 Å². The molecule has 0 bridgehead atoms. The van der Waals surface area contributed by atoms with E-state index in [1.54, 1.807) is 20.8 Å². The SMILES string of the molecule is CC(C)(C)/C(O)=C\c1nc2ccc(C(F)(F)F)cc2[nH]c1=O. The topological polar surface area (TPSA) is 66.0 Å². The van der Waals surface area contributed by atoms with Crippen LogP contribution in [0.25, 0.3) is 17.1 Å². The Morgan fingerprint density at radius 2 is 1.91 bits per heavy atom. The van der Waals surface area contributed by atoms with Crippen LogP contribution in [0.1, 0.15) is 32.0 Å². The number of allylic oxidation sites excluding steroid dienone is 1. The first-order chi connectivity index (χ1) is 9.98. The number of aliphatic hydroxyl groups excluding tert-OH is 1. The molecule has 0 saturated carbocycles. The van der Waals surface area contributed by atoms with E-state index >= 15 is 0 Å². The second kappa shape index (κ2) is 5.15. The van der Waals surface area contributed by atoms with Gasteiger partial charge in [-0.2, -0.15) is 13.2 Å². The van der Waals surface area contributed by atoms with E-state index in [0.717, 1.165) is 12.1 Å². The molecule has 0 saturated heterocycles. The Labute approximate surface area is 124 Å². The average Bonchev–Trinajstić information content (AvgIpc) is 2.36. The van der Waals surface area contributed by atoms with Gasteiger partial charge in [0.15, 0.2) is 0 Å². The molecule has 22 heavy (non-hydrogen) atoms. The van der Waals surface area contributed by atoms with Gasteiger partial charge in [-0.15, -0.1) is 0 Å². The number of aliphatic hydroxyl groups is 1. The highest BCUT2D eigenvalue weighted by Gasteiger charge is 2.30. The molecule has 0 aliphatic heterocycles. The summed E-state index contributed by atoms with van der Waals surface area (Å²) >= 11 is 0. The maximum Gasteiger partial charge on any atom is 0.416 e. The number of alkyl halides is 3. The van der Waals surface area contributed by atoms with Crippen molar-refractivity contribution in [3.63, 3.8) is 0 Å². The third kappa shape index (κ3) is 3.29. The van der Waals surface area contributed by atoms with Crippen molar-refractivity contribution >= 4 is 17.1 Å². The fourth-order valence-corrected chi connectivity index (χ4v) is 1.72. The summed E-state index contributed by atoms with van der Waals surface area (Å²) in [5.74, 6) is -0.0447. The lowest BCUT2D eigenvalue weighted by Gasteiger charge is -2.16. The summed E-state index contributed by atoms with van der Waals surface area (Å²) in [4.78, 5) is 18.3. The lowest BCUT2D eigenvalue weighted by atomic mass is 9.93. The summed E-state index contributed by atoms with van der Waals surface area (Å²) in [6, 6.07) is 2.91. The molecule has 7 heteroatoms. The molecule has 1 aromatic carbocycles. The molecule has 0 aliphatic rings. The van der Waals surface area contributed by atoms with Crippen LogP contribution in [0, 0.1) is 5.41 Å². The van der Waals surface area contributed by atoms with E-state index in [4.69, 9.17) is 0 Å². The number of rotatable bonds is 1. The molecule has 0 atom stereocenters. The summed E-state index contributed by atoms with van der Waals surface area (Å²) in [5, 5.41) is 9.91. The molecule has 2 rings (SSSR count). The predicted molar refractivity (Wildman–Crippen MR) is 77.4 cm³/mol. The van der Waals surface area contributed by atoms with Gasteiger partial charge < -0.3 is 10.1 Å². The molecule has 4 nitrogen and oxygen atoms in total. The third-order valence-corrected chi connectivity index (χ3v) is 3.09. The van der Waals surface area contributed by atoms with E-state index in [9.17, 15) is 23.1 Å². The molecular weight excluding hydrogens is 297 g/mol. The second-order valence-corrected chi connectivity index (χ2v) is 5.96. The van der Waals surface area contributed by atoms with E-state index in [0.29, 0.717) is 0 Å². The number of hydrogen-bond donors (Lipinski definition) is 2. The van der Waals surface area contributed by atoms with E-state index in [1.807, 2.05) is 0 Å². The van der Waals surface area contributed by atoms with Gasteiger partial charge in [0.05, 0.1) is 22.4 Å². The Kier molecular flexibility index (Phi) is 3.76. The number of halogens is 3. The number of aromatic amines is 1. The Morgan fingerprint density at radius 1 is 1.27 bits per heavy atom. The van der Waals surface area contributed by atoms with Crippen LogP contribution in [0.3, 0.4) is 0 Å². The maximum atomic E-state index is 12.6. The average molecular weight is 312 g/mol. The van der Waals surface area contributed by atoms with Crippen LogP contribution >= 0.6 is 0 Å². The normalized spacial score (nSPS) is 13.6. The number of fused-ring (bicyclic) bond motifs is 1. The predicted octanol–water partition coefficient (Wildman–Crippen LogP) is 3.89. The van der Waals surface area contributed by atoms with Crippen LogP contribution in [-0.2, 0) is 6.18 Å². The number of nitrogens with zero attached hydrogens (tertiary/aromatic N) is 1. The van der Waals surface area contributed by atoms with Crippen LogP contribution < -0.4 is 5.56 Å². The zero-order chi connectivity index (χ0) is 16.7. The zero-order valence-corrected chi connectivity index (χ0v) is 12.2. The number of H-pyrrole nitrogens is 1. The molecule has 0 amide bonds. The molecule has 2 aromatic rings. The number of hydrogen-bond acceptors (Lipinski definition) is 3. The Balaban J connectivity index is 2.58. The van der Waals surface area contributed by atoms with Gasteiger partial charge in [0.25, 0.3) is 5.56 Å². The fourth-order valence-electron chi connectivity index (χ4n) is 1.72. The van der Waals surface area contributed by atoms with Crippen LogP contribution in [0.15, 0.2) is 28.8 Å². The van der Waals surface area contributed by atoms with E-state index in [1.165, 1.54) is 12.1 Å². The summed E-state index contributed by atoms with van der Waals surface area (Å²) in [7, 11) is 0. The van der Waals surface area contributed by atoms with E-state index < -0.39 is 22.7 Å². The number of benzene rings is 1. The first-order valence-electron chi connectivity index (χ1n) is 6.51. The smallest absolute Gasteiger partial charge is 0.416 e. The molecule has 0 radical (unpaired) electrons. The summed E-state index contributed by atoms with van der Waals surface area (Å²) in [5.41, 5.74) is -1.95. The van der Waals surface area contributed by atoms with Gasteiger partial charge in [-0.25, -0.2) is 4.98 Å². The molecule has 0 unspecified atom stereocenters. The highest BCUT2D eigenvalue weighted by molar-refractivity contribution is 5.76. The minimum Gasteiger partial charge on any atom is -0.512 e. The Hall–Kier alpha value is -2.31. The zero-order valence-electron chi connectivity index (χ0n) is 12.2. The van der Waals surface area contributed by atoms with Crippen LogP contribution in [0.5, 0.6) is 0 Å². The van der Waals surface area contributed by atoms with Crippen molar-refractivity contribution in [1.82, 2.24) is 9.97 Å². The molecule has 0 spiro atoms. The quantitative estimate of drug-likeness (QED) is 0.785. The van der Waals surface area contributed by atoms with Gasteiger partial charge in [-0.3, -0.25) is 4.79 Å². The molecule has 2 N–H and O–H groups in total. The van der Waals surface area contributed by atoms with Gasteiger partial charge in [-0.05, 0) is 18.2 Å². The molecule has 1 heterocycles. The van der Waals surface area contributed by atoms with Crippen LogP contribution in [-0.4, -0.2) is 15.1 Å². The van der Waals surface area contributed by atoms with Crippen molar-refractivity contribution < 1.29 is 18.3 Å². The molecule has 0 fully saturated rings. The third-order valence-electron chi connectivity index (χ3n) is 3.09. The van der Waals surface area contributed by atoms with Gasteiger partial charge in [0, 0.05) is 11.5 Å². The fraction of sp³-hybridized carbons (Fsp3) is 0.333. The first kappa shape index (κ1) is 16.1. The van der Waals surface area contributed by atoms with Crippen molar-refractivity contribution in [3.8, 4) is 0 Å². The standard InChI is InChI=1S/C15H15F3N2O2/c1-14(2,3)12(21)7-11-13(22)20-10-6-8(15(16,17)18)4-5-9(10)19-11/h4-7,21H,1-3H3,(H,20,22)/b12-7+. The lowest BCUT2D eigenvalue weighted by Crippen LogP contribution is -2.15. The van der Waals surface area contributed by atoms with Gasteiger partial charge >= 0.3 is 6.18 Å². The Bertz CT molecular complexity index is 799. The number of aromatic nitrogens is 2. The number of nitrogens with one attached hydrogen (secondary N) is 1. The van der Waals surface area contributed by atoms with Gasteiger partial charge in [0.1, 0.15) is 5.69 Å². The van der Waals surface area contributed by atoms with Crippen molar-refractivity contribution in [2.45, 2.75) is 26.9 Å². The van der Waals surface area contributed by atoms with E-state index in [2.05, 4.69) is 9.97 Å². The second-order valence-electron chi connectivity index (χ2n) is 5.96. The maximum absolute atomic E-state index is 12.6.